The lowest BCUT2D eigenvalue weighted by molar-refractivity contribution is 1.31. The molecule has 1 heterocycles. The van der Waals surface area contributed by atoms with Crippen LogP contribution in [0.15, 0.2) is 60.8 Å². The first-order valence-corrected chi connectivity index (χ1v) is 12.0. The Bertz CT molecular complexity index is 841. The van der Waals surface area contributed by atoms with Crippen molar-refractivity contribution in [3.8, 4) is 22.4 Å². The van der Waals surface area contributed by atoms with Gasteiger partial charge in [-0.3, -0.25) is 4.98 Å². The third-order valence-electron chi connectivity index (χ3n) is 4.31. The summed E-state index contributed by atoms with van der Waals surface area (Å²) in [6.07, 6.45) is 2.11. The van der Waals surface area contributed by atoms with E-state index in [1.165, 1.54) is 33.0 Å². The van der Waals surface area contributed by atoms with Crippen LogP contribution in [0.5, 0.6) is 0 Å². The molecule has 3 aromatic rings. The zero-order chi connectivity index (χ0) is 17.3. The normalized spacial score (nSPS) is 11.5. The molecule has 0 unspecified atom stereocenters. The van der Waals surface area contributed by atoms with E-state index in [0.717, 1.165) is 5.69 Å². The first kappa shape index (κ1) is 16.7. The molecule has 0 N–H and O–H groups in total. The quantitative estimate of drug-likeness (QED) is 0.571. The predicted octanol–water partition coefficient (Wildman–Crippen LogP) is 5.58. The molecule has 3 rings (SSSR count). The zero-order valence-electron chi connectivity index (χ0n) is 15.2. The summed E-state index contributed by atoms with van der Waals surface area (Å²) in [5, 5.41) is 1.42. The van der Waals surface area contributed by atoms with Gasteiger partial charge >= 0.3 is 0 Å². The van der Waals surface area contributed by atoms with E-state index in [1.807, 2.05) is 0 Å². The van der Waals surface area contributed by atoms with Gasteiger partial charge in [0.25, 0.3) is 0 Å². The molecule has 0 aliphatic rings. The molecule has 0 aliphatic heterocycles. The maximum Gasteiger partial charge on any atom is 0.0804 e. The average Bonchev–Trinajstić information content (AvgIpc) is 2.53. The van der Waals surface area contributed by atoms with Crippen molar-refractivity contribution in [3.63, 3.8) is 0 Å². The Morgan fingerprint density at radius 1 is 0.750 bits per heavy atom. The van der Waals surface area contributed by atoms with Crippen LogP contribution in [-0.2, 0) is 0 Å². The molecule has 2 heteroatoms. The summed E-state index contributed by atoms with van der Waals surface area (Å²) < 4.78 is 0. The lowest BCUT2D eigenvalue weighted by Gasteiger charge is -2.21. The van der Waals surface area contributed by atoms with E-state index in [9.17, 15) is 0 Å². The van der Waals surface area contributed by atoms with Crippen LogP contribution in [0.4, 0.5) is 0 Å². The summed E-state index contributed by atoms with van der Waals surface area (Å²) in [5.41, 5.74) is 7.43. The van der Waals surface area contributed by atoms with Gasteiger partial charge in [-0.2, -0.15) is 0 Å². The van der Waals surface area contributed by atoms with Gasteiger partial charge in [0.1, 0.15) is 0 Å². The fourth-order valence-corrected chi connectivity index (χ4v) is 4.67. The van der Waals surface area contributed by atoms with E-state index >= 15 is 0 Å². The predicted molar refractivity (Wildman–Crippen MR) is 108 cm³/mol. The molecule has 0 spiro atoms. The second kappa shape index (κ2) is 6.37. The Kier molecular flexibility index (Phi) is 4.42. The first-order valence-electron chi connectivity index (χ1n) is 8.49. The van der Waals surface area contributed by atoms with E-state index in [-0.39, 0.29) is 0 Å². The number of pyridine rings is 1. The fraction of sp³-hybridized carbons (Fsp3) is 0.227. The van der Waals surface area contributed by atoms with E-state index in [1.54, 1.807) is 0 Å². The van der Waals surface area contributed by atoms with Crippen LogP contribution in [0.3, 0.4) is 0 Å². The second-order valence-electron chi connectivity index (χ2n) is 7.61. The Labute approximate surface area is 146 Å². The SMILES string of the molecule is Cc1cc(C)cc(-c2cc(-c3ccccc3)c([Si](C)(C)C)cn2)c1. The van der Waals surface area contributed by atoms with Gasteiger partial charge in [-0.1, -0.05) is 67.2 Å². The summed E-state index contributed by atoms with van der Waals surface area (Å²) in [6.45, 7) is 11.4. The Morgan fingerprint density at radius 2 is 1.38 bits per heavy atom. The highest BCUT2D eigenvalue weighted by atomic mass is 28.3. The molecule has 0 saturated heterocycles. The van der Waals surface area contributed by atoms with Crippen LogP contribution < -0.4 is 5.19 Å². The van der Waals surface area contributed by atoms with Crippen LogP contribution in [0, 0.1) is 13.8 Å². The van der Waals surface area contributed by atoms with Crippen molar-refractivity contribution < 1.29 is 0 Å². The van der Waals surface area contributed by atoms with Gasteiger partial charge in [0.15, 0.2) is 0 Å². The van der Waals surface area contributed by atoms with Crippen molar-refractivity contribution in [1.29, 1.82) is 0 Å². The van der Waals surface area contributed by atoms with Crippen molar-refractivity contribution in [2.75, 3.05) is 0 Å². The van der Waals surface area contributed by atoms with Crippen molar-refractivity contribution in [2.24, 2.45) is 0 Å². The van der Waals surface area contributed by atoms with Crippen molar-refractivity contribution in [3.05, 3.63) is 71.9 Å². The second-order valence-corrected chi connectivity index (χ2v) is 12.6. The molecule has 0 aliphatic carbocycles. The van der Waals surface area contributed by atoms with Crippen LogP contribution >= 0.6 is 0 Å². The van der Waals surface area contributed by atoms with Crippen molar-refractivity contribution in [1.82, 2.24) is 4.98 Å². The minimum absolute atomic E-state index is 1.06. The summed E-state index contributed by atoms with van der Waals surface area (Å²) >= 11 is 0. The van der Waals surface area contributed by atoms with Gasteiger partial charge in [0, 0.05) is 11.8 Å². The molecule has 0 bridgehead atoms. The zero-order valence-corrected chi connectivity index (χ0v) is 16.2. The average molecular weight is 332 g/mol. The van der Waals surface area contributed by atoms with E-state index in [4.69, 9.17) is 4.98 Å². The summed E-state index contributed by atoms with van der Waals surface area (Å²) in [6, 6.07) is 19.6. The van der Waals surface area contributed by atoms with Crippen molar-refractivity contribution in [2.45, 2.75) is 33.5 Å². The summed E-state index contributed by atoms with van der Waals surface area (Å²) in [5.74, 6) is 0. The molecule has 0 fully saturated rings. The lowest BCUT2D eigenvalue weighted by Crippen LogP contribution is -2.39. The first-order chi connectivity index (χ1) is 11.3. The summed E-state index contributed by atoms with van der Waals surface area (Å²) in [4.78, 5) is 4.82. The molecular weight excluding hydrogens is 306 g/mol. The Hall–Kier alpha value is -2.19. The number of hydrogen-bond acceptors (Lipinski definition) is 1. The number of aryl methyl sites for hydroxylation is 2. The molecule has 0 saturated carbocycles. The standard InChI is InChI=1S/C22H25NSi/c1-16-11-17(2)13-19(12-16)21-14-20(18-9-7-6-8-10-18)22(15-23-21)24(3,4)5/h6-15H,1-5H3. The van der Waals surface area contributed by atoms with E-state index in [2.05, 4.69) is 94.3 Å². The molecule has 0 radical (unpaired) electrons. The molecule has 122 valence electrons. The minimum atomic E-state index is -1.47. The highest BCUT2D eigenvalue weighted by molar-refractivity contribution is 6.89. The Morgan fingerprint density at radius 3 is 1.96 bits per heavy atom. The smallest absolute Gasteiger partial charge is 0.0804 e. The lowest BCUT2D eigenvalue weighted by atomic mass is 10.0. The number of aromatic nitrogens is 1. The topological polar surface area (TPSA) is 12.9 Å². The number of benzene rings is 2. The Balaban J connectivity index is 2.21. The summed E-state index contributed by atoms with van der Waals surface area (Å²) in [7, 11) is -1.47. The molecular formula is C22H25NSi. The van der Waals surface area contributed by atoms with Gasteiger partial charge in [-0.25, -0.2) is 0 Å². The molecule has 1 nitrogen and oxygen atoms in total. The molecule has 24 heavy (non-hydrogen) atoms. The highest BCUT2D eigenvalue weighted by Crippen LogP contribution is 2.26. The molecule has 0 amide bonds. The maximum absolute atomic E-state index is 4.82. The van der Waals surface area contributed by atoms with Gasteiger partial charge < -0.3 is 0 Å². The molecule has 1 aromatic heterocycles. The van der Waals surface area contributed by atoms with Gasteiger partial charge in [-0.05, 0) is 48.4 Å². The molecule has 0 atom stereocenters. The van der Waals surface area contributed by atoms with Gasteiger partial charge in [0.2, 0.25) is 0 Å². The third-order valence-corrected chi connectivity index (χ3v) is 6.33. The van der Waals surface area contributed by atoms with Crippen LogP contribution in [0.1, 0.15) is 11.1 Å². The van der Waals surface area contributed by atoms with Crippen LogP contribution in [0.25, 0.3) is 22.4 Å². The third kappa shape index (κ3) is 3.49. The largest absolute Gasteiger partial charge is 0.256 e. The monoisotopic (exact) mass is 331 g/mol. The minimum Gasteiger partial charge on any atom is -0.256 e. The van der Waals surface area contributed by atoms with E-state index < -0.39 is 8.07 Å². The maximum atomic E-state index is 4.82. The molecule has 2 aromatic carbocycles. The van der Waals surface area contributed by atoms with E-state index in [0.29, 0.717) is 0 Å². The highest BCUT2D eigenvalue weighted by Gasteiger charge is 2.22. The van der Waals surface area contributed by atoms with Crippen LogP contribution in [-0.4, -0.2) is 13.1 Å². The number of nitrogens with zero attached hydrogens (tertiary/aromatic N) is 1. The fourth-order valence-electron chi connectivity index (χ4n) is 3.19. The van der Waals surface area contributed by atoms with Crippen LogP contribution in [0.2, 0.25) is 19.6 Å². The number of rotatable bonds is 3. The van der Waals surface area contributed by atoms with Gasteiger partial charge in [0.05, 0.1) is 13.8 Å². The van der Waals surface area contributed by atoms with Crippen molar-refractivity contribution >= 4 is 13.3 Å². The van der Waals surface area contributed by atoms with Gasteiger partial charge in [-0.15, -0.1) is 0 Å². The number of hydrogen-bond donors (Lipinski definition) is 0.